The first-order valence-corrected chi connectivity index (χ1v) is 8.63. The summed E-state index contributed by atoms with van der Waals surface area (Å²) in [6.45, 7) is 0.0431. The largest absolute Gasteiger partial charge is 0.326 e. The fourth-order valence-electron chi connectivity index (χ4n) is 3.74. The molecule has 136 valence electrons. The Morgan fingerprint density at radius 2 is 1.85 bits per heavy atom. The number of amides is 4. The predicted molar refractivity (Wildman–Crippen MR) is 93.6 cm³/mol. The molecular formula is C17H19N5O4. The number of aromatic nitrogens is 2. The number of aromatic amines is 2. The fraction of sp³-hybridized carbons (Fsp3) is 0.412. The van der Waals surface area contributed by atoms with Crippen molar-refractivity contribution in [1.29, 1.82) is 0 Å². The van der Waals surface area contributed by atoms with Crippen LogP contribution in [0.5, 0.6) is 0 Å². The summed E-state index contributed by atoms with van der Waals surface area (Å²) in [5, 5.41) is 5.51. The van der Waals surface area contributed by atoms with Crippen LogP contribution in [-0.4, -0.2) is 44.8 Å². The molecule has 0 unspecified atom stereocenters. The van der Waals surface area contributed by atoms with E-state index in [4.69, 9.17) is 0 Å². The Labute approximate surface area is 148 Å². The van der Waals surface area contributed by atoms with E-state index in [-0.39, 0.29) is 30.5 Å². The van der Waals surface area contributed by atoms with Gasteiger partial charge >= 0.3 is 11.7 Å². The lowest BCUT2D eigenvalue weighted by atomic mass is 9.98. The number of benzene rings is 1. The van der Waals surface area contributed by atoms with Gasteiger partial charge in [-0.2, -0.15) is 0 Å². The summed E-state index contributed by atoms with van der Waals surface area (Å²) in [6.07, 6.45) is 3.18. The Hall–Kier alpha value is -3.10. The van der Waals surface area contributed by atoms with Crippen molar-refractivity contribution >= 4 is 34.6 Å². The van der Waals surface area contributed by atoms with Crippen LogP contribution in [0.25, 0.3) is 11.0 Å². The predicted octanol–water partition coefficient (Wildman–Crippen LogP) is 1.05. The molecule has 2 fully saturated rings. The van der Waals surface area contributed by atoms with Gasteiger partial charge in [0.05, 0.1) is 11.0 Å². The topological polar surface area (TPSA) is 127 Å². The monoisotopic (exact) mass is 357 g/mol. The van der Waals surface area contributed by atoms with Crippen molar-refractivity contribution in [3.63, 3.8) is 0 Å². The Kier molecular flexibility index (Phi) is 3.78. The maximum Gasteiger partial charge on any atom is 0.325 e. The van der Waals surface area contributed by atoms with Gasteiger partial charge in [0, 0.05) is 18.7 Å². The number of anilines is 1. The van der Waals surface area contributed by atoms with Crippen LogP contribution in [0, 0.1) is 0 Å². The first-order chi connectivity index (χ1) is 12.5. The van der Waals surface area contributed by atoms with Crippen LogP contribution in [0.4, 0.5) is 10.5 Å². The Morgan fingerprint density at radius 3 is 2.62 bits per heavy atom. The van der Waals surface area contributed by atoms with E-state index in [2.05, 4.69) is 20.6 Å². The molecule has 1 saturated heterocycles. The van der Waals surface area contributed by atoms with Gasteiger partial charge in [0.15, 0.2) is 0 Å². The zero-order valence-electron chi connectivity index (χ0n) is 14.1. The average Bonchev–Trinajstić information content (AvgIpc) is 3.25. The minimum absolute atomic E-state index is 0.0108. The Balaban J connectivity index is 1.38. The molecule has 0 atom stereocenters. The number of nitrogens with one attached hydrogen (secondary N) is 4. The average molecular weight is 357 g/mol. The molecule has 1 aliphatic carbocycles. The SMILES string of the molecule is O=C(CCN1C(=O)NC2(CCCC2)C1=O)Nc1ccc2[nH]c(=O)[nH]c2c1. The first kappa shape index (κ1) is 16.4. The lowest BCUT2D eigenvalue weighted by Gasteiger charge is -2.19. The zero-order valence-corrected chi connectivity index (χ0v) is 14.1. The van der Waals surface area contributed by atoms with Crippen LogP contribution in [-0.2, 0) is 9.59 Å². The van der Waals surface area contributed by atoms with Crippen LogP contribution < -0.4 is 16.3 Å². The third-order valence-corrected chi connectivity index (χ3v) is 5.07. The van der Waals surface area contributed by atoms with Gasteiger partial charge in [0.25, 0.3) is 5.91 Å². The molecule has 1 spiro atoms. The number of imide groups is 1. The highest BCUT2D eigenvalue weighted by Crippen LogP contribution is 2.35. The summed E-state index contributed by atoms with van der Waals surface area (Å²) < 4.78 is 0. The van der Waals surface area contributed by atoms with Gasteiger partial charge < -0.3 is 20.6 Å². The zero-order chi connectivity index (χ0) is 18.3. The summed E-state index contributed by atoms with van der Waals surface area (Å²) in [5.41, 5.74) is 0.697. The van der Waals surface area contributed by atoms with Crippen molar-refractivity contribution in [3.05, 3.63) is 28.7 Å². The van der Waals surface area contributed by atoms with Crippen molar-refractivity contribution in [1.82, 2.24) is 20.2 Å². The Morgan fingerprint density at radius 1 is 1.12 bits per heavy atom. The third-order valence-electron chi connectivity index (χ3n) is 5.07. The van der Waals surface area contributed by atoms with E-state index in [1.165, 1.54) is 0 Å². The van der Waals surface area contributed by atoms with Gasteiger partial charge in [-0.15, -0.1) is 0 Å². The van der Waals surface area contributed by atoms with E-state index < -0.39 is 11.6 Å². The van der Waals surface area contributed by atoms with E-state index in [0.29, 0.717) is 29.6 Å². The molecule has 9 nitrogen and oxygen atoms in total. The van der Waals surface area contributed by atoms with Gasteiger partial charge in [0.1, 0.15) is 5.54 Å². The number of carbonyl (C=O) groups is 3. The number of rotatable bonds is 4. The van der Waals surface area contributed by atoms with Crippen molar-refractivity contribution in [3.8, 4) is 0 Å². The van der Waals surface area contributed by atoms with Crippen LogP contribution in [0.1, 0.15) is 32.1 Å². The lowest BCUT2D eigenvalue weighted by Crippen LogP contribution is -2.44. The summed E-state index contributed by atoms with van der Waals surface area (Å²) in [4.78, 5) is 54.4. The number of urea groups is 1. The van der Waals surface area contributed by atoms with Gasteiger partial charge in [-0.3, -0.25) is 14.5 Å². The molecule has 2 heterocycles. The summed E-state index contributed by atoms with van der Waals surface area (Å²) in [5.74, 6) is -0.533. The molecule has 1 aromatic heterocycles. The van der Waals surface area contributed by atoms with Crippen LogP contribution in [0.15, 0.2) is 23.0 Å². The maximum atomic E-state index is 12.5. The van der Waals surface area contributed by atoms with Crippen molar-refractivity contribution < 1.29 is 14.4 Å². The van der Waals surface area contributed by atoms with Gasteiger partial charge in [-0.1, -0.05) is 12.8 Å². The second-order valence-electron chi connectivity index (χ2n) is 6.81. The Bertz CT molecular complexity index is 953. The maximum absolute atomic E-state index is 12.5. The number of imidazole rings is 1. The number of carbonyl (C=O) groups excluding carboxylic acids is 3. The number of hydrogen-bond donors (Lipinski definition) is 4. The highest BCUT2D eigenvalue weighted by Gasteiger charge is 2.52. The lowest BCUT2D eigenvalue weighted by molar-refractivity contribution is -0.131. The molecule has 26 heavy (non-hydrogen) atoms. The molecule has 4 rings (SSSR count). The highest BCUT2D eigenvalue weighted by atomic mass is 16.2. The number of hydrogen-bond acceptors (Lipinski definition) is 4. The van der Waals surface area contributed by atoms with E-state index >= 15 is 0 Å². The summed E-state index contributed by atoms with van der Waals surface area (Å²) >= 11 is 0. The number of nitrogens with zero attached hydrogens (tertiary/aromatic N) is 1. The molecule has 2 aliphatic rings. The number of fused-ring (bicyclic) bond motifs is 1. The highest BCUT2D eigenvalue weighted by molar-refractivity contribution is 6.07. The smallest absolute Gasteiger partial charge is 0.325 e. The molecular weight excluding hydrogens is 338 g/mol. The van der Waals surface area contributed by atoms with Gasteiger partial charge in [0.2, 0.25) is 5.91 Å². The standard InChI is InChI=1S/C17H19N5O4/c23-13(18-10-3-4-11-12(9-10)20-15(25)19-11)5-8-22-14(24)17(21-16(22)26)6-1-2-7-17/h3-4,9H,1-2,5-8H2,(H,18,23)(H,21,26)(H2,19,20,25). The molecule has 0 bridgehead atoms. The second-order valence-corrected chi connectivity index (χ2v) is 6.81. The third kappa shape index (κ3) is 2.75. The van der Waals surface area contributed by atoms with Crippen molar-refractivity contribution in [2.24, 2.45) is 0 Å². The minimum Gasteiger partial charge on any atom is -0.326 e. The molecule has 1 aliphatic heterocycles. The van der Waals surface area contributed by atoms with E-state index in [1.807, 2.05) is 0 Å². The molecule has 2 aromatic rings. The van der Waals surface area contributed by atoms with Crippen molar-refractivity contribution in [2.45, 2.75) is 37.6 Å². The first-order valence-electron chi connectivity index (χ1n) is 8.63. The minimum atomic E-state index is -0.751. The molecule has 4 amide bonds. The molecule has 1 aromatic carbocycles. The molecule has 1 saturated carbocycles. The number of H-pyrrole nitrogens is 2. The van der Waals surface area contributed by atoms with Crippen LogP contribution in [0.2, 0.25) is 0 Å². The second kappa shape index (κ2) is 6.01. The molecule has 9 heteroatoms. The van der Waals surface area contributed by atoms with E-state index in [9.17, 15) is 19.2 Å². The van der Waals surface area contributed by atoms with Crippen molar-refractivity contribution in [2.75, 3.05) is 11.9 Å². The normalized spacial score (nSPS) is 18.7. The molecule has 4 N–H and O–H groups in total. The summed E-state index contributed by atoms with van der Waals surface area (Å²) in [7, 11) is 0. The summed E-state index contributed by atoms with van der Waals surface area (Å²) in [6, 6.07) is 4.58. The van der Waals surface area contributed by atoms with Crippen LogP contribution >= 0.6 is 0 Å². The molecule has 0 radical (unpaired) electrons. The van der Waals surface area contributed by atoms with Gasteiger partial charge in [-0.25, -0.2) is 9.59 Å². The van der Waals surface area contributed by atoms with Gasteiger partial charge in [-0.05, 0) is 31.0 Å². The quantitative estimate of drug-likeness (QED) is 0.610. The fourth-order valence-corrected chi connectivity index (χ4v) is 3.74. The van der Waals surface area contributed by atoms with E-state index in [1.54, 1.807) is 18.2 Å². The van der Waals surface area contributed by atoms with Crippen LogP contribution in [0.3, 0.4) is 0 Å². The van der Waals surface area contributed by atoms with E-state index in [0.717, 1.165) is 17.7 Å².